The summed E-state index contributed by atoms with van der Waals surface area (Å²) in [5, 5.41) is 5.61. The van der Waals surface area contributed by atoms with E-state index in [0.717, 1.165) is 64.9 Å². The second kappa shape index (κ2) is 8.54. The number of carbonyl (C=O) groups excluding carboxylic acids is 1. The van der Waals surface area contributed by atoms with Crippen molar-refractivity contribution in [3.05, 3.63) is 66.7 Å². The lowest BCUT2D eigenvalue weighted by Gasteiger charge is -2.25. The molecule has 0 atom stereocenters. The number of esters is 1. The highest BCUT2D eigenvalue weighted by Crippen LogP contribution is 2.39. The zero-order chi connectivity index (χ0) is 23.9. The highest BCUT2D eigenvalue weighted by Gasteiger charge is 2.31. The van der Waals surface area contributed by atoms with Crippen molar-refractivity contribution in [1.82, 2.24) is 24.6 Å². The summed E-state index contributed by atoms with van der Waals surface area (Å²) >= 11 is 0. The smallest absolute Gasteiger partial charge is 0.308 e. The molecule has 0 bridgehead atoms. The van der Waals surface area contributed by atoms with Crippen LogP contribution in [-0.4, -0.2) is 37.6 Å². The molecule has 3 N–H and O–H groups in total. The molecule has 8 nitrogen and oxygen atoms in total. The van der Waals surface area contributed by atoms with E-state index in [-0.39, 0.29) is 17.8 Å². The molecule has 0 radical (unpaired) electrons. The summed E-state index contributed by atoms with van der Waals surface area (Å²) in [4.78, 5) is 24.9. The number of benzene rings is 2. The number of nitrogens with zero attached hydrogens (tertiary/aromatic N) is 4. The van der Waals surface area contributed by atoms with E-state index in [0.29, 0.717) is 11.3 Å². The third-order valence-electron chi connectivity index (χ3n) is 7.11. The number of hydrogen-bond donors (Lipinski definition) is 2. The molecule has 1 aliphatic rings. The molecule has 8 heteroatoms. The van der Waals surface area contributed by atoms with Gasteiger partial charge in [0.05, 0.1) is 24.2 Å². The van der Waals surface area contributed by atoms with Crippen molar-refractivity contribution in [3.8, 4) is 22.5 Å². The number of nitrogens with one attached hydrogen (secondary N) is 1. The van der Waals surface area contributed by atoms with Crippen LogP contribution in [0.5, 0.6) is 0 Å². The van der Waals surface area contributed by atoms with Gasteiger partial charge in [-0.15, -0.1) is 0 Å². The second-order valence-corrected chi connectivity index (χ2v) is 9.11. The molecule has 1 aliphatic carbocycles. The van der Waals surface area contributed by atoms with E-state index >= 15 is 0 Å². The van der Waals surface area contributed by atoms with Gasteiger partial charge in [0.15, 0.2) is 5.82 Å². The van der Waals surface area contributed by atoms with Crippen molar-refractivity contribution >= 4 is 28.2 Å². The maximum atomic E-state index is 12.0. The van der Waals surface area contributed by atoms with Crippen LogP contribution in [0.15, 0.2) is 60.9 Å². The number of rotatable bonds is 4. The summed E-state index contributed by atoms with van der Waals surface area (Å²) in [6.45, 7) is 0. The minimum Gasteiger partial charge on any atom is -0.469 e. The van der Waals surface area contributed by atoms with Gasteiger partial charge in [-0.25, -0.2) is 14.5 Å². The molecule has 3 heterocycles. The number of aromatic nitrogens is 5. The van der Waals surface area contributed by atoms with Crippen molar-refractivity contribution in [3.63, 3.8) is 0 Å². The number of nitrogen functional groups attached to an aromatic ring is 1. The molecule has 0 aliphatic heterocycles. The number of fused-ring (bicyclic) bond motifs is 2. The monoisotopic (exact) mass is 466 g/mol. The Hall–Kier alpha value is -4.20. The maximum absolute atomic E-state index is 12.0. The molecule has 0 spiro atoms. The predicted octanol–water partition coefficient (Wildman–Crippen LogP) is 4.97. The Labute approximate surface area is 202 Å². The van der Waals surface area contributed by atoms with E-state index in [4.69, 9.17) is 15.5 Å². The van der Waals surface area contributed by atoms with Crippen LogP contribution in [0, 0.1) is 5.92 Å². The third-order valence-corrected chi connectivity index (χ3v) is 7.11. The number of H-pyrrole nitrogens is 1. The van der Waals surface area contributed by atoms with Crippen molar-refractivity contribution in [2.45, 2.75) is 31.6 Å². The number of hydrogen-bond acceptors (Lipinski definition) is 6. The van der Waals surface area contributed by atoms with E-state index in [1.807, 2.05) is 22.7 Å². The minimum atomic E-state index is -0.129. The number of aromatic amines is 1. The number of anilines is 1. The molecule has 2 aromatic carbocycles. The Morgan fingerprint density at radius 2 is 1.89 bits per heavy atom. The molecule has 3 aromatic heterocycles. The molecule has 6 rings (SSSR count). The molecule has 1 fully saturated rings. The zero-order valence-corrected chi connectivity index (χ0v) is 19.4. The van der Waals surface area contributed by atoms with Crippen LogP contribution in [-0.2, 0) is 9.53 Å². The van der Waals surface area contributed by atoms with E-state index in [2.05, 4.69) is 51.5 Å². The first kappa shape index (κ1) is 21.3. The first-order chi connectivity index (χ1) is 17.1. The highest BCUT2D eigenvalue weighted by molar-refractivity contribution is 5.98. The lowest BCUT2D eigenvalue weighted by molar-refractivity contribution is -0.146. The number of nitrogens with two attached hydrogens (primary N) is 1. The Balaban J connectivity index is 1.45. The van der Waals surface area contributed by atoms with Gasteiger partial charge in [0.2, 0.25) is 0 Å². The van der Waals surface area contributed by atoms with Gasteiger partial charge in [0, 0.05) is 16.9 Å². The van der Waals surface area contributed by atoms with Gasteiger partial charge in [-0.3, -0.25) is 4.79 Å². The van der Waals surface area contributed by atoms with Crippen molar-refractivity contribution in [2.24, 2.45) is 5.92 Å². The average molecular weight is 467 g/mol. The van der Waals surface area contributed by atoms with E-state index in [1.54, 1.807) is 0 Å². The summed E-state index contributed by atoms with van der Waals surface area (Å²) in [6.07, 6.45) is 4.69. The molecule has 5 aromatic rings. The average Bonchev–Trinajstić information content (AvgIpc) is 3.51. The lowest BCUT2D eigenvalue weighted by atomic mass is 9.81. The van der Waals surface area contributed by atoms with E-state index < -0.39 is 0 Å². The van der Waals surface area contributed by atoms with Crippen molar-refractivity contribution in [2.75, 3.05) is 12.8 Å². The Kier molecular flexibility index (Phi) is 5.21. The van der Waals surface area contributed by atoms with Crippen LogP contribution in [0.1, 0.15) is 37.4 Å². The number of ether oxygens (including phenoxy) is 1. The van der Waals surface area contributed by atoms with Crippen LogP contribution in [0.2, 0.25) is 0 Å². The molecule has 0 amide bonds. The van der Waals surface area contributed by atoms with Gasteiger partial charge in [-0.05, 0) is 37.3 Å². The van der Waals surface area contributed by atoms with Crippen LogP contribution in [0.25, 0.3) is 38.9 Å². The summed E-state index contributed by atoms with van der Waals surface area (Å²) in [6, 6.07) is 18.7. The van der Waals surface area contributed by atoms with Gasteiger partial charge in [0.25, 0.3) is 0 Å². The predicted molar refractivity (Wildman–Crippen MR) is 135 cm³/mol. The van der Waals surface area contributed by atoms with Crippen molar-refractivity contribution in [1.29, 1.82) is 0 Å². The summed E-state index contributed by atoms with van der Waals surface area (Å²) in [5.41, 5.74) is 12.0. The molecule has 1 saturated carbocycles. The normalized spacial score (nSPS) is 18.2. The van der Waals surface area contributed by atoms with E-state index in [1.165, 1.54) is 13.4 Å². The lowest BCUT2D eigenvalue weighted by Crippen LogP contribution is -2.23. The van der Waals surface area contributed by atoms with Gasteiger partial charge in [-0.2, -0.15) is 5.10 Å². The van der Waals surface area contributed by atoms with Crippen LogP contribution < -0.4 is 5.73 Å². The molecular weight excluding hydrogens is 440 g/mol. The maximum Gasteiger partial charge on any atom is 0.308 e. The Bertz CT molecular complexity index is 1530. The number of methoxy groups -OCH3 is 1. The zero-order valence-electron chi connectivity index (χ0n) is 19.4. The second-order valence-electron chi connectivity index (χ2n) is 9.11. The van der Waals surface area contributed by atoms with Crippen LogP contribution >= 0.6 is 0 Å². The third kappa shape index (κ3) is 3.62. The topological polar surface area (TPSA) is 111 Å². The summed E-state index contributed by atoms with van der Waals surface area (Å²) < 4.78 is 6.77. The molecule has 0 unspecified atom stereocenters. The van der Waals surface area contributed by atoms with Crippen LogP contribution in [0.4, 0.5) is 5.82 Å². The van der Waals surface area contributed by atoms with Crippen LogP contribution in [0.3, 0.4) is 0 Å². The molecule has 35 heavy (non-hydrogen) atoms. The van der Waals surface area contributed by atoms with Gasteiger partial charge < -0.3 is 15.5 Å². The van der Waals surface area contributed by atoms with Gasteiger partial charge >= 0.3 is 5.97 Å². The summed E-state index contributed by atoms with van der Waals surface area (Å²) in [7, 11) is 1.45. The molecular formula is C27H26N6O2. The molecule has 176 valence electrons. The molecule has 0 saturated heterocycles. The Morgan fingerprint density at radius 1 is 1.09 bits per heavy atom. The highest BCUT2D eigenvalue weighted by atomic mass is 16.5. The standard InChI is InChI=1S/C27H26N6O2/c1-35-27(34)18-12-10-17(11-13-18)26-32-23(24-25(28)29-15-30-33(24)26)21-14-19-8-5-9-20(22(19)31-21)16-6-3-2-4-7-16/h2-9,14-15,17-18,31H,10-13H2,1H3,(H2,28,29,30)/t17-,18-. The van der Waals surface area contributed by atoms with Crippen molar-refractivity contribution < 1.29 is 9.53 Å². The van der Waals surface area contributed by atoms with E-state index in [9.17, 15) is 4.79 Å². The number of imidazole rings is 1. The number of carbonyl (C=O) groups is 1. The first-order valence-electron chi connectivity index (χ1n) is 11.9. The van der Waals surface area contributed by atoms with Gasteiger partial charge in [-0.1, -0.05) is 48.5 Å². The number of para-hydroxylation sites is 1. The fourth-order valence-electron chi connectivity index (χ4n) is 5.33. The fourth-order valence-corrected chi connectivity index (χ4v) is 5.33. The van der Waals surface area contributed by atoms with Gasteiger partial charge in [0.1, 0.15) is 23.4 Å². The summed E-state index contributed by atoms with van der Waals surface area (Å²) in [5.74, 6) is 1.24. The quantitative estimate of drug-likeness (QED) is 0.362. The fraction of sp³-hybridized carbons (Fsp3) is 0.259. The first-order valence-corrected chi connectivity index (χ1v) is 11.9. The minimum absolute atomic E-state index is 0.0493. The largest absolute Gasteiger partial charge is 0.469 e. The SMILES string of the molecule is COC(=O)[C@H]1CC[C@H](c2nc(-c3cc4cccc(-c5ccccc5)c4[nH]3)c3c(N)ncnn32)CC1. The Morgan fingerprint density at radius 3 is 2.66 bits per heavy atom.